The van der Waals surface area contributed by atoms with E-state index in [2.05, 4.69) is 19.2 Å². The largest absolute Gasteiger partial charge is 0.494 e. The summed E-state index contributed by atoms with van der Waals surface area (Å²) < 4.78 is 5.60. The molecule has 0 aliphatic heterocycles. The highest BCUT2D eigenvalue weighted by Gasteiger charge is 2.12. The maximum Gasteiger partial charge on any atom is 0.220 e. The summed E-state index contributed by atoms with van der Waals surface area (Å²) in [6.07, 6.45) is 1.88. The molecule has 2 N–H and O–H groups in total. The number of hydrogen-bond acceptors (Lipinski definition) is 3. The Kier molecular flexibility index (Phi) is 7.83. The molecule has 0 spiro atoms. The van der Waals surface area contributed by atoms with Crippen LogP contribution in [0.2, 0.25) is 0 Å². The van der Waals surface area contributed by atoms with Gasteiger partial charge in [0.05, 0.1) is 19.3 Å². The van der Waals surface area contributed by atoms with Crippen molar-refractivity contribution in [1.29, 1.82) is 0 Å². The van der Waals surface area contributed by atoms with E-state index in [0.29, 0.717) is 25.4 Å². The predicted molar refractivity (Wildman–Crippen MR) is 84.4 cm³/mol. The molecule has 0 heterocycles. The number of aliphatic hydroxyl groups excluding tert-OH is 1. The number of rotatable bonds is 9. The van der Waals surface area contributed by atoms with Gasteiger partial charge in [-0.2, -0.15) is 0 Å². The Morgan fingerprint density at radius 2 is 2.14 bits per heavy atom. The van der Waals surface area contributed by atoms with E-state index >= 15 is 0 Å². The van der Waals surface area contributed by atoms with Crippen LogP contribution in [-0.2, 0) is 4.79 Å². The molecule has 0 fully saturated rings. The first-order chi connectivity index (χ1) is 10.0. The van der Waals surface area contributed by atoms with Crippen molar-refractivity contribution in [3.05, 3.63) is 29.8 Å². The quantitative estimate of drug-likeness (QED) is 0.688. The van der Waals surface area contributed by atoms with Gasteiger partial charge in [-0.15, -0.1) is 0 Å². The third-order valence-corrected chi connectivity index (χ3v) is 3.15. The van der Waals surface area contributed by atoms with E-state index < -0.39 is 0 Å². The number of benzene rings is 1. The molecule has 1 aromatic carbocycles. The first kappa shape index (κ1) is 17.5. The third kappa shape index (κ3) is 7.71. The number of ether oxygens (including phenoxy) is 1. The molecule has 4 nitrogen and oxygen atoms in total. The highest BCUT2D eigenvalue weighted by molar-refractivity contribution is 5.76. The molecular weight excluding hydrogens is 266 g/mol. The Hall–Kier alpha value is -1.55. The molecule has 0 bridgehead atoms. The number of amides is 1. The predicted octanol–water partition coefficient (Wildman–Crippen LogP) is 2.68. The van der Waals surface area contributed by atoms with Gasteiger partial charge in [-0.1, -0.05) is 26.0 Å². The zero-order valence-electron chi connectivity index (χ0n) is 13.3. The first-order valence-corrected chi connectivity index (χ1v) is 7.61. The highest BCUT2D eigenvalue weighted by Crippen LogP contribution is 2.12. The van der Waals surface area contributed by atoms with Crippen molar-refractivity contribution in [2.24, 2.45) is 5.92 Å². The molecule has 0 radical (unpaired) electrons. The summed E-state index contributed by atoms with van der Waals surface area (Å²) in [5.41, 5.74) is 1.16. The summed E-state index contributed by atoms with van der Waals surface area (Å²) in [6, 6.07) is 7.72. The van der Waals surface area contributed by atoms with Gasteiger partial charge in [0.1, 0.15) is 5.75 Å². The van der Waals surface area contributed by atoms with Crippen LogP contribution >= 0.6 is 0 Å². The Labute approximate surface area is 127 Å². The van der Waals surface area contributed by atoms with Crippen LogP contribution in [-0.4, -0.2) is 30.3 Å². The standard InChI is InChI=1S/C17H27NO3/c1-13(2)10-15(12-19)18-17(20)8-5-9-21-16-7-4-6-14(3)11-16/h4,6-7,11,13,15,19H,5,8-10,12H2,1-3H3,(H,18,20). The second-order valence-corrected chi connectivity index (χ2v) is 5.85. The van der Waals surface area contributed by atoms with E-state index in [0.717, 1.165) is 17.7 Å². The van der Waals surface area contributed by atoms with Gasteiger partial charge >= 0.3 is 0 Å². The second-order valence-electron chi connectivity index (χ2n) is 5.85. The molecule has 4 heteroatoms. The molecule has 0 aliphatic carbocycles. The van der Waals surface area contributed by atoms with E-state index in [-0.39, 0.29) is 18.6 Å². The van der Waals surface area contributed by atoms with Crippen molar-refractivity contribution in [2.45, 2.75) is 46.1 Å². The maximum atomic E-state index is 11.8. The number of nitrogens with one attached hydrogen (secondary N) is 1. The van der Waals surface area contributed by atoms with Crippen molar-refractivity contribution < 1.29 is 14.6 Å². The van der Waals surface area contributed by atoms with Crippen LogP contribution in [0.15, 0.2) is 24.3 Å². The third-order valence-electron chi connectivity index (χ3n) is 3.15. The number of carbonyl (C=O) groups is 1. The van der Waals surface area contributed by atoms with Gasteiger partial charge < -0.3 is 15.2 Å². The molecule has 1 aromatic rings. The summed E-state index contributed by atoms with van der Waals surface area (Å²) in [6.45, 7) is 6.67. The lowest BCUT2D eigenvalue weighted by Gasteiger charge is -2.18. The summed E-state index contributed by atoms with van der Waals surface area (Å²) in [5, 5.41) is 12.1. The van der Waals surface area contributed by atoms with Crippen LogP contribution in [0.1, 0.15) is 38.7 Å². The molecule has 0 aliphatic rings. The molecule has 1 unspecified atom stereocenters. The van der Waals surface area contributed by atoms with E-state index in [4.69, 9.17) is 4.74 Å². The summed E-state index contributed by atoms with van der Waals surface area (Å²) >= 11 is 0. The first-order valence-electron chi connectivity index (χ1n) is 7.61. The number of aryl methyl sites for hydroxylation is 1. The fourth-order valence-electron chi connectivity index (χ4n) is 2.18. The molecular formula is C17H27NO3. The number of aliphatic hydroxyl groups is 1. The monoisotopic (exact) mass is 293 g/mol. The summed E-state index contributed by atoms with van der Waals surface area (Å²) in [5.74, 6) is 1.26. The average Bonchev–Trinajstić information content (AvgIpc) is 2.42. The van der Waals surface area contributed by atoms with Crippen molar-refractivity contribution in [2.75, 3.05) is 13.2 Å². The number of carbonyl (C=O) groups excluding carboxylic acids is 1. The van der Waals surface area contributed by atoms with Gasteiger partial charge in [0, 0.05) is 6.42 Å². The van der Waals surface area contributed by atoms with Crippen LogP contribution < -0.4 is 10.1 Å². The van der Waals surface area contributed by atoms with Crippen LogP contribution in [0.3, 0.4) is 0 Å². The van der Waals surface area contributed by atoms with E-state index in [1.165, 1.54) is 0 Å². The molecule has 0 saturated heterocycles. The van der Waals surface area contributed by atoms with Crippen LogP contribution in [0.5, 0.6) is 5.75 Å². The second kappa shape index (κ2) is 9.40. The van der Waals surface area contributed by atoms with Crippen molar-refractivity contribution in [3.8, 4) is 5.75 Å². The Balaban J connectivity index is 2.21. The van der Waals surface area contributed by atoms with Gasteiger partial charge in [0.2, 0.25) is 5.91 Å². The van der Waals surface area contributed by atoms with Crippen LogP contribution in [0.25, 0.3) is 0 Å². The van der Waals surface area contributed by atoms with Gasteiger partial charge in [-0.25, -0.2) is 0 Å². The zero-order valence-corrected chi connectivity index (χ0v) is 13.3. The topological polar surface area (TPSA) is 58.6 Å². The lowest BCUT2D eigenvalue weighted by atomic mass is 10.0. The van der Waals surface area contributed by atoms with E-state index in [1.54, 1.807) is 0 Å². The van der Waals surface area contributed by atoms with Gasteiger partial charge in [0.25, 0.3) is 0 Å². The minimum absolute atomic E-state index is 0.0102. The molecule has 21 heavy (non-hydrogen) atoms. The fraction of sp³-hybridized carbons (Fsp3) is 0.588. The Morgan fingerprint density at radius 1 is 1.38 bits per heavy atom. The lowest BCUT2D eigenvalue weighted by Crippen LogP contribution is -2.38. The van der Waals surface area contributed by atoms with Crippen molar-refractivity contribution in [3.63, 3.8) is 0 Å². The molecule has 1 rings (SSSR count). The molecule has 1 amide bonds. The van der Waals surface area contributed by atoms with Crippen LogP contribution in [0.4, 0.5) is 0 Å². The average molecular weight is 293 g/mol. The SMILES string of the molecule is Cc1cccc(OCCCC(=O)NC(CO)CC(C)C)c1. The molecule has 118 valence electrons. The molecule has 1 atom stereocenters. The summed E-state index contributed by atoms with van der Waals surface area (Å²) in [7, 11) is 0. The minimum Gasteiger partial charge on any atom is -0.494 e. The summed E-state index contributed by atoms with van der Waals surface area (Å²) in [4.78, 5) is 11.8. The van der Waals surface area contributed by atoms with Crippen LogP contribution in [0, 0.1) is 12.8 Å². The lowest BCUT2D eigenvalue weighted by molar-refractivity contribution is -0.122. The zero-order chi connectivity index (χ0) is 15.7. The van der Waals surface area contributed by atoms with Gasteiger partial charge in [0.15, 0.2) is 0 Å². The van der Waals surface area contributed by atoms with Gasteiger partial charge in [-0.3, -0.25) is 4.79 Å². The molecule has 0 aromatic heterocycles. The van der Waals surface area contributed by atoms with Crippen molar-refractivity contribution >= 4 is 5.91 Å². The van der Waals surface area contributed by atoms with Gasteiger partial charge in [-0.05, 0) is 43.4 Å². The number of hydrogen-bond donors (Lipinski definition) is 2. The normalized spacial score (nSPS) is 12.2. The Bertz CT molecular complexity index is 432. The Morgan fingerprint density at radius 3 is 2.76 bits per heavy atom. The highest BCUT2D eigenvalue weighted by atomic mass is 16.5. The fourth-order valence-corrected chi connectivity index (χ4v) is 2.18. The van der Waals surface area contributed by atoms with E-state index in [1.807, 2.05) is 31.2 Å². The smallest absolute Gasteiger partial charge is 0.220 e. The van der Waals surface area contributed by atoms with E-state index in [9.17, 15) is 9.90 Å². The molecule has 0 saturated carbocycles. The minimum atomic E-state index is -0.143. The maximum absolute atomic E-state index is 11.8. The van der Waals surface area contributed by atoms with Crippen molar-refractivity contribution in [1.82, 2.24) is 5.32 Å².